The molecule has 24 heavy (non-hydrogen) atoms. The third-order valence-electron chi connectivity index (χ3n) is 4.28. The molecule has 6 nitrogen and oxygen atoms in total. The Morgan fingerprint density at radius 2 is 2.12 bits per heavy atom. The van der Waals surface area contributed by atoms with Crippen molar-refractivity contribution in [2.75, 3.05) is 26.5 Å². The Morgan fingerprint density at radius 3 is 2.75 bits per heavy atom. The van der Waals surface area contributed by atoms with Gasteiger partial charge in [-0.3, -0.25) is 9.59 Å². The van der Waals surface area contributed by atoms with E-state index in [0.717, 1.165) is 5.56 Å². The van der Waals surface area contributed by atoms with Crippen molar-refractivity contribution in [3.63, 3.8) is 0 Å². The number of carbonyl (C=O) groups excluding carboxylic acids is 2. The molecule has 0 unspecified atom stereocenters. The quantitative estimate of drug-likeness (QED) is 0.880. The van der Waals surface area contributed by atoms with Gasteiger partial charge in [0, 0.05) is 17.9 Å². The molecule has 1 N–H and O–H groups in total. The van der Waals surface area contributed by atoms with Crippen molar-refractivity contribution in [3.8, 4) is 11.5 Å². The minimum atomic E-state index is -0.450. The zero-order valence-electron chi connectivity index (χ0n) is 14.3. The molecule has 3 rings (SSSR count). The molecule has 2 aliphatic rings. The molecule has 1 fully saturated rings. The van der Waals surface area contributed by atoms with Crippen LogP contribution in [0.15, 0.2) is 12.1 Å². The number of hydrogen-bond acceptors (Lipinski definition) is 5. The van der Waals surface area contributed by atoms with Gasteiger partial charge in [-0.2, -0.15) is 0 Å². The van der Waals surface area contributed by atoms with Gasteiger partial charge in [0.2, 0.25) is 5.91 Å². The molecule has 1 saturated heterocycles. The summed E-state index contributed by atoms with van der Waals surface area (Å²) >= 11 is 1.61. The Bertz CT molecular complexity index is 677. The highest BCUT2D eigenvalue weighted by Crippen LogP contribution is 2.52. The van der Waals surface area contributed by atoms with E-state index in [4.69, 9.17) is 9.47 Å². The number of benzene rings is 1. The second-order valence-electron chi connectivity index (χ2n) is 6.32. The topological polar surface area (TPSA) is 67.9 Å². The van der Waals surface area contributed by atoms with Crippen molar-refractivity contribution in [2.24, 2.45) is 5.92 Å². The molecule has 0 aromatic heterocycles. The van der Waals surface area contributed by atoms with Crippen LogP contribution in [0.4, 0.5) is 0 Å². The minimum absolute atomic E-state index is 0.0919. The molecule has 7 heteroatoms. The molecule has 2 atom stereocenters. The van der Waals surface area contributed by atoms with E-state index in [-0.39, 0.29) is 17.2 Å². The molecule has 1 aromatic carbocycles. The highest BCUT2D eigenvalue weighted by atomic mass is 32.2. The molecule has 0 aliphatic carbocycles. The summed E-state index contributed by atoms with van der Waals surface area (Å²) in [6.07, 6.45) is 0. The van der Waals surface area contributed by atoms with Gasteiger partial charge in [0.1, 0.15) is 11.4 Å². The molecule has 1 aromatic rings. The van der Waals surface area contributed by atoms with Crippen LogP contribution in [0.5, 0.6) is 11.5 Å². The highest BCUT2D eigenvalue weighted by molar-refractivity contribution is 7.99. The Morgan fingerprint density at radius 1 is 1.38 bits per heavy atom. The number of nitrogens with one attached hydrogen (secondary N) is 1. The van der Waals surface area contributed by atoms with Gasteiger partial charge in [0.05, 0.1) is 19.8 Å². The average Bonchev–Trinajstić information content (AvgIpc) is 3.12. The van der Waals surface area contributed by atoms with Crippen LogP contribution < -0.4 is 14.8 Å². The summed E-state index contributed by atoms with van der Waals surface area (Å²) in [7, 11) is 3.07. The fourth-order valence-electron chi connectivity index (χ4n) is 3.12. The maximum atomic E-state index is 13.0. The van der Waals surface area contributed by atoms with Gasteiger partial charge in [-0.25, -0.2) is 0 Å². The first-order chi connectivity index (χ1) is 11.5. The third-order valence-corrected chi connectivity index (χ3v) is 5.58. The minimum Gasteiger partial charge on any atom is -0.493 e. The molecule has 0 radical (unpaired) electrons. The first kappa shape index (κ1) is 17.0. The van der Waals surface area contributed by atoms with Crippen molar-refractivity contribution in [1.29, 1.82) is 0 Å². The van der Waals surface area contributed by atoms with E-state index in [2.05, 4.69) is 5.32 Å². The van der Waals surface area contributed by atoms with E-state index in [9.17, 15) is 9.59 Å². The smallest absolute Gasteiger partial charge is 0.260 e. The van der Waals surface area contributed by atoms with Crippen molar-refractivity contribution in [1.82, 2.24) is 10.2 Å². The largest absolute Gasteiger partial charge is 0.493 e. The van der Waals surface area contributed by atoms with Crippen LogP contribution >= 0.6 is 11.8 Å². The third kappa shape index (κ3) is 2.60. The standard InChI is InChI=1S/C17H22N2O4S/c1-9(2)7-18-15(20)11-8-24-17-10-5-6-12(22-3)14(23-4)13(10)16(21)19(11)17/h5-6,9,11,17H,7-8H2,1-4H3,(H,18,20)/t11-,17+/m1/s1. The first-order valence-corrected chi connectivity index (χ1v) is 9.01. The predicted molar refractivity (Wildman–Crippen MR) is 92.6 cm³/mol. The maximum Gasteiger partial charge on any atom is 0.260 e. The van der Waals surface area contributed by atoms with Crippen LogP contribution in [0.2, 0.25) is 0 Å². The number of ether oxygens (including phenoxy) is 2. The molecule has 2 amide bonds. The molecule has 2 heterocycles. The van der Waals surface area contributed by atoms with Crippen LogP contribution in [0, 0.1) is 5.92 Å². The average molecular weight is 350 g/mol. The Labute approximate surface area is 145 Å². The summed E-state index contributed by atoms with van der Waals surface area (Å²) in [5.74, 6) is 1.68. The lowest BCUT2D eigenvalue weighted by Gasteiger charge is -2.23. The van der Waals surface area contributed by atoms with Gasteiger partial charge in [0.15, 0.2) is 11.5 Å². The summed E-state index contributed by atoms with van der Waals surface area (Å²) in [6.45, 7) is 4.69. The van der Waals surface area contributed by atoms with Gasteiger partial charge in [-0.15, -0.1) is 11.8 Å². The van der Waals surface area contributed by atoms with Gasteiger partial charge in [0.25, 0.3) is 5.91 Å². The molecule has 0 spiro atoms. The lowest BCUT2D eigenvalue weighted by molar-refractivity contribution is -0.124. The van der Waals surface area contributed by atoms with E-state index in [1.807, 2.05) is 19.9 Å². The number of thioether (sulfide) groups is 1. The summed E-state index contributed by atoms with van der Waals surface area (Å²) in [5, 5.41) is 2.80. The highest BCUT2D eigenvalue weighted by Gasteiger charge is 2.50. The van der Waals surface area contributed by atoms with E-state index in [1.54, 1.807) is 29.8 Å². The van der Waals surface area contributed by atoms with E-state index >= 15 is 0 Å². The fourth-order valence-corrected chi connectivity index (χ4v) is 4.57. The summed E-state index contributed by atoms with van der Waals surface area (Å²) in [4.78, 5) is 27.1. The number of hydrogen-bond donors (Lipinski definition) is 1. The SMILES string of the molecule is COc1ccc2c(c1OC)C(=O)N1[C@@H](C(=O)NCC(C)C)CS[C@@H]21. The van der Waals surface area contributed by atoms with Gasteiger partial charge < -0.3 is 19.7 Å². The molecular weight excluding hydrogens is 328 g/mol. The number of nitrogens with zero attached hydrogens (tertiary/aromatic N) is 1. The zero-order valence-corrected chi connectivity index (χ0v) is 15.1. The normalized spacial score (nSPS) is 21.7. The van der Waals surface area contributed by atoms with Crippen LogP contribution in [0.25, 0.3) is 0 Å². The number of carbonyl (C=O) groups is 2. The zero-order chi connectivity index (χ0) is 17.4. The van der Waals surface area contributed by atoms with Crippen molar-refractivity contribution < 1.29 is 19.1 Å². The number of fused-ring (bicyclic) bond motifs is 3. The lowest BCUT2D eigenvalue weighted by atomic mass is 10.1. The van der Waals surface area contributed by atoms with Crippen LogP contribution in [-0.2, 0) is 4.79 Å². The van der Waals surface area contributed by atoms with Crippen molar-refractivity contribution in [3.05, 3.63) is 23.3 Å². The summed E-state index contributed by atoms with van der Waals surface area (Å²) < 4.78 is 10.7. The van der Waals surface area contributed by atoms with Crippen molar-refractivity contribution >= 4 is 23.6 Å². The fraction of sp³-hybridized carbons (Fsp3) is 0.529. The van der Waals surface area contributed by atoms with Gasteiger partial charge >= 0.3 is 0 Å². The Hall–Kier alpha value is -1.89. The molecule has 130 valence electrons. The molecule has 0 saturated carbocycles. The van der Waals surface area contributed by atoms with Crippen LogP contribution in [-0.4, -0.2) is 49.3 Å². The number of methoxy groups -OCH3 is 2. The maximum absolute atomic E-state index is 13.0. The summed E-state index contributed by atoms with van der Waals surface area (Å²) in [6, 6.07) is 3.25. The molecular formula is C17H22N2O4S. The molecule has 0 bridgehead atoms. The van der Waals surface area contributed by atoms with Crippen molar-refractivity contribution in [2.45, 2.75) is 25.3 Å². The Kier molecular flexibility index (Phi) is 4.62. The molecule has 2 aliphatic heterocycles. The van der Waals surface area contributed by atoms with E-state index in [0.29, 0.717) is 35.3 Å². The monoisotopic (exact) mass is 350 g/mol. The van der Waals surface area contributed by atoms with Crippen LogP contribution in [0.3, 0.4) is 0 Å². The lowest BCUT2D eigenvalue weighted by Crippen LogP contribution is -2.46. The first-order valence-electron chi connectivity index (χ1n) is 7.96. The number of amides is 2. The Balaban J connectivity index is 1.91. The number of rotatable bonds is 5. The van der Waals surface area contributed by atoms with Gasteiger partial charge in [-0.1, -0.05) is 19.9 Å². The van der Waals surface area contributed by atoms with Crippen LogP contribution in [0.1, 0.15) is 35.1 Å². The second-order valence-corrected chi connectivity index (χ2v) is 7.43. The summed E-state index contributed by atoms with van der Waals surface area (Å²) in [5.41, 5.74) is 1.40. The van der Waals surface area contributed by atoms with E-state index in [1.165, 1.54) is 7.11 Å². The van der Waals surface area contributed by atoms with E-state index < -0.39 is 6.04 Å². The predicted octanol–water partition coefficient (Wildman–Crippen LogP) is 2.05. The van der Waals surface area contributed by atoms with Gasteiger partial charge in [-0.05, 0) is 12.0 Å². The second kappa shape index (κ2) is 6.55.